The van der Waals surface area contributed by atoms with Crippen LogP contribution in [0.15, 0.2) is 42.6 Å². The number of nitrogens with one attached hydrogen (secondary N) is 3. The van der Waals surface area contributed by atoms with Gasteiger partial charge in [0.2, 0.25) is 17.7 Å². The number of nitrogens with zero attached hydrogens (tertiary/aromatic N) is 2. The minimum absolute atomic E-state index is 0. The highest BCUT2D eigenvalue weighted by atomic mass is 35.5. The molecule has 1 saturated carbocycles. The van der Waals surface area contributed by atoms with Gasteiger partial charge in [-0.2, -0.15) is 0 Å². The van der Waals surface area contributed by atoms with Crippen molar-refractivity contribution in [3.05, 3.63) is 59.3 Å². The van der Waals surface area contributed by atoms with Gasteiger partial charge in [0, 0.05) is 32.4 Å². The highest BCUT2D eigenvalue weighted by molar-refractivity contribution is 6.02. The summed E-state index contributed by atoms with van der Waals surface area (Å²) in [4.78, 5) is 45.3. The lowest BCUT2D eigenvalue weighted by atomic mass is 9.83. The molecule has 1 unspecified atom stereocenters. The number of hydrogen-bond donors (Lipinski definition) is 5. The van der Waals surface area contributed by atoms with Gasteiger partial charge < -0.3 is 27.0 Å². The van der Waals surface area contributed by atoms with Crippen molar-refractivity contribution in [2.45, 2.75) is 51.1 Å². The minimum atomic E-state index is -1.00. The molecule has 1 heterocycles. The molecule has 11 heteroatoms. The van der Waals surface area contributed by atoms with Crippen molar-refractivity contribution in [2.75, 3.05) is 19.8 Å². The number of amides is 3. The first-order valence-electron chi connectivity index (χ1n) is 12.6. The molecule has 2 aromatic rings. The van der Waals surface area contributed by atoms with E-state index in [9.17, 15) is 14.4 Å². The largest absolute Gasteiger partial charge is 0.384 e. The van der Waals surface area contributed by atoms with Crippen LogP contribution in [0, 0.1) is 17.2 Å². The van der Waals surface area contributed by atoms with Crippen molar-refractivity contribution in [1.82, 2.24) is 20.5 Å². The van der Waals surface area contributed by atoms with Gasteiger partial charge in [0.1, 0.15) is 23.6 Å². The van der Waals surface area contributed by atoms with Crippen LogP contribution in [-0.2, 0) is 27.3 Å². The van der Waals surface area contributed by atoms with Crippen molar-refractivity contribution < 1.29 is 14.4 Å². The summed E-state index contributed by atoms with van der Waals surface area (Å²) in [5.74, 6) is -1.76. The maximum Gasteiger partial charge on any atom is 0.243 e. The molecule has 0 bridgehead atoms. The average Bonchev–Trinajstić information content (AvgIpc) is 2.90. The van der Waals surface area contributed by atoms with Gasteiger partial charge in [-0.15, -0.1) is 12.4 Å². The second-order valence-electron chi connectivity index (χ2n) is 9.79. The van der Waals surface area contributed by atoms with Crippen LogP contribution in [-0.4, -0.2) is 53.6 Å². The summed E-state index contributed by atoms with van der Waals surface area (Å²) in [5.41, 5.74) is 13.3. The van der Waals surface area contributed by atoms with Crippen LogP contribution in [0.2, 0.25) is 0 Å². The number of aromatic nitrogens is 1. The first-order valence-corrected chi connectivity index (χ1v) is 12.6. The lowest BCUT2D eigenvalue weighted by Gasteiger charge is -2.31. The Bertz CT molecular complexity index is 1100. The Hall–Kier alpha value is -3.66. The molecule has 0 saturated heterocycles. The zero-order valence-corrected chi connectivity index (χ0v) is 22.7. The highest BCUT2D eigenvalue weighted by Crippen LogP contribution is 2.27. The Morgan fingerprint density at radius 3 is 2.21 bits per heavy atom. The van der Waals surface area contributed by atoms with Gasteiger partial charge in [0.25, 0.3) is 0 Å². The number of anilines is 1. The number of pyridine rings is 1. The Morgan fingerprint density at radius 1 is 1.03 bits per heavy atom. The fraction of sp³-hybridized carbons (Fsp3) is 0.444. The van der Waals surface area contributed by atoms with E-state index in [4.69, 9.17) is 16.9 Å². The van der Waals surface area contributed by atoms with E-state index in [0.29, 0.717) is 11.4 Å². The van der Waals surface area contributed by atoms with E-state index in [2.05, 4.69) is 15.6 Å². The Kier molecular flexibility index (Phi) is 11.5. The van der Waals surface area contributed by atoms with Crippen LogP contribution < -0.4 is 22.1 Å². The first-order chi connectivity index (χ1) is 17.7. The molecule has 1 aliphatic carbocycles. The van der Waals surface area contributed by atoms with Crippen LogP contribution in [0.5, 0.6) is 0 Å². The van der Waals surface area contributed by atoms with Crippen molar-refractivity contribution >= 4 is 41.8 Å². The molecule has 0 aliphatic heterocycles. The predicted molar refractivity (Wildman–Crippen MR) is 150 cm³/mol. The third kappa shape index (κ3) is 8.44. The fourth-order valence-corrected chi connectivity index (χ4v) is 4.62. The number of rotatable bonds is 10. The smallest absolute Gasteiger partial charge is 0.243 e. The number of amidine groups is 1. The van der Waals surface area contributed by atoms with Gasteiger partial charge in [0.15, 0.2) is 0 Å². The predicted octanol–water partition coefficient (Wildman–Crippen LogP) is 2.00. The summed E-state index contributed by atoms with van der Waals surface area (Å²) in [7, 11) is 3.21. The van der Waals surface area contributed by atoms with E-state index in [1.54, 1.807) is 56.7 Å². The van der Waals surface area contributed by atoms with E-state index in [0.717, 1.165) is 43.2 Å². The fourth-order valence-electron chi connectivity index (χ4n) is 4.62. The maximum atomic E-state index is 13.5. The molecular weight excluding hydrogens is 506 g/mol. The zero-order valence-electron chi connectivity index (χ0n) is 21.9. The van der Waals surface area contributed by atoms with Crippen molar-refractivity contribution in [3.8, 4) is 0 Å². The summed E-state index contributed by atoms with van der Waals surface area (Å²) < 4.78 is 0. The highest BCUT2D eigenvalue weighted by Gasteiger charge is 2.35. The molecule has 1 aromatic heterocycles. The van der Waals surface area contributed by atoms with Gasteiger partial charge in [-0.05, 0) is 42.4 Å². The van der Waals surface area contributed by atoms with Crippen LogP contribution in [0.3, 0.4) is 0 Å². The van der Waals surface area contributed by atoms with E-state index in [1.165, 1.54) is 4.90 Å². The summed E-state index contributed by atoms with van der Waals surface area (Å²) in [6.07, 6.45) is 6.53. The van der Waals surface area contributed by atoms with E-state index in [1.807, 2.05) is 0 Å². The SMILES string of the molecule is CN(C)C(=O)C(Cc1ccc(C(=N)N)cc1)C(=O)N[C@H](C(=O)NCc1ccc(N)nc1)C1CCCCC1.Cl. The molecule has 38 heavy (non-hydrogen) atoms. The van der Waals surface area contributed by atoms with Gasteiger partial charge in [-0.3, -0.25) is 19.8 Å². The quantitative estimate of drug-likeness (QED) is 0.174. The molecule has 0 spiro atoms. The van der Waals surface area contributed by atoms with E-state index in [-0.39, 0.29) is 48.9 Å². The third-order valence-electron chi connectivity index (χ3n) is 6.78. The molecular formula is C27H38ClN7O3. The maximum absolute atomic E-state index is 13.5. The van der Waals surface area contributed by atoms with E-state index < -0.39 is 17.9 Å². The summed E-state index contributed by atoms with van der Waals surface area (Å²) >= 11 is 0. The van der Waals surface area contributed by atoms with Gasteiger partial charge >= 0.3 is 0 Å². The molecule has 2 atom stereocenters. The van der Waals surface area contributed by atoms with Gasteiger partial charge in [0.05, 0.1) is 0 Å². The third-order valence-corrected chi connectivity index (χ3v) is 6.78. The number of carbonyl (C=O) groups excluding carboxylic acids is 3. The van der Waals surface area contributed by atoms with Crippen LogP contribution in [0.1, 0.15) is 48.8 Å². The Labute approximate surface area is 229 Å². The number of halogens is 1. The Balaban J connectivity index is 0.00000507. The lowest BCUT2D eigenvalue weighted by Crippen LogP contribution is -2.54. The van der Waals surface area contributed by atoms with Gasteiger partial charge in [-0.25, -0.2) is 4.98 Å². The zero-order chi connectivity index (χ0) is 26.9. The molecule has 1 fully saturated rings. The normalized spacial score (nSPS) is 14.9. The standard InChI is InChI=1S/C27H37N7O3.ClH/c1-34(2)27(37)21(14-17-8-11-20(12-9-17)24(29)30)25(35)33-23(19-6-4-3-5-7-19)26(36)32-16-18-10-13-22(28)31-15-18;/h8-13,15,19,21,23H,3-7,14,16H2,1-2H3,(H2,28,31)(H3,29,30)(H,32,36)(H,33,35);1H/t21?,23-;/m0./s1. The number of nitrogen functional groups attached to an aromatic ring is 2. The second-order valence-corrected chi connectivity index (χ2v) is 9.79. The van der Waals surface area contributed by atoms with Crippen LogP contribution >= 0.6 is 12.4 Å². The topological polar surface area (TPSA) is 167 Å². The number of hydrogen-bond acceptors (Lipinski definition) is 6. The number of carbonyl (C=O) groups is 3. The molecule has 3 amide bonds. The molecule has 7 N–H and O–H groups in total. The van der Waals surface area contributed by atoms with Crippen molar-refractivity contribution in [3.63, 3.8) is 0 Å². The minimum Gasteiger partial charge on any atom is -0.384 e. The molecule has 3 rings (SSSR count). The van der Waals surface area contributed by atoms with Crippen LogP contribution in [0.25, 0.3) is 0 Å². The molecule has 1 aromatic carbocycles. The summed E-state index contributed by atoms with van der Waals surface area (Å²) in [5, 5.41) is 13.4. The van der Waals surface area contributed by atoms with Crippen molar-refractivity contribution in [1.29, 1.82) is 5.41 Å². The first kappa shape index (κ1) is 30.6. The molecule has 10 nitrogen and oxygen atoms in total. The second kappa shape index (κ2) is 14.3. The molecule has 0 radical (unpaired) electrons. The van der Waals surface area contributed by atoms with E-state index >= 15 is 0 Å². The monoisotopic (exact) mass is 543 g/mol. The lowest BCUT2D eigenvalue weighted by molar-refractivity contribution is -0.142. The number of nitrogens with two attached hydrogens (primary N) is 2. The molecule has 206 valence electrons. The summed E-state index contributed by atoms with van der Waals surface area (Å²) in [6.45, 7) is 0.258. The Morgan fingerprint density at radius 2 is 1.66 bits per heavy atom. The van der Waals surface area contributed by atoms with Crippen LogP contribution in [0.4, 0.5) is 5.82 Å². The van der Waals surface area contributed by atoms with Crippen molar-refractivity contribution in [2.24, 2.45) is 17.6 Å². The van der Waals surface area contributed by atoms with Gasteiger partial charge in [-0.1, -0.05) is 49.6 Å². The average molecular weight is 544 g/mol. The molecule has 1 aliphatic rings. The number of benzene rings is 1. The summed E-state index contributed by atoms with van der Waals surface area (Å²) in [6, 6.07) is 9.61.